The van der Waals surface area contributed by atoms with E-state index in [9.17, 15) is 12.8 Å². The molecule has 1 N–H and O–H groups in total. The Hall–Kier alpha value is -3.97. The minimum atomic E-state index is -2.33. The average Bonchev–Trinajstić information content (AvgIpc) is 3.43. The smallest absolute Gasteiger partial charge is 0.215 e. The molecule has 0 unspecified atom stereocenters. The zero-order valence-electron chi connectivity index (χ0n) is 23.0. The summed E-state index contributed by atoms with van der Waals surface area (Å²) in [6, 6.07) is 14.2. The largest absolute Gasteiger partial charge is 0.487 e. The lowest BCUT2D eigenvalue weighted by Crippen LogP contribution is -2.16. The highest BCUT2D eigenvalue weighted by atomic mass is 35.5. The zero-order chi connectivity index (χ0) is 30.5. The van der Waals surface area contributed by atoms with Gasteiger partial charge in [0.2, 0.25) is 10.3 Å². The van der Waals surface area contributed by atoms with Crippen molar-refractivity contribution in [3.63, 3.8) is 0 Å². The number of anilines is 2. The summed E-state index contributed by atoms with van der Waals surface area (Å²) in [7, 11) is -2.33. The number of benzene rings is 3. The summed E-state index contributed by atoms with van der Waals surface area (Å²) in [4.78, 5) is 13.3. The Morgan fingerprint density at radius 1 is 1.07 bits per heavy atom. The molecule has 0 amide bonds. The highest BCUT2D eigenvalue weighted by molar-refractivity contribution is 7.73. The Labute approximate surface area is 256 Å². The molecule has 0 aliphatic heterocycles. The lowest BCUT2D eigenvalue weighted by atomic mass is 10.1. The molecule has 43 heavy (non-hydrogen) atoms. The van der Waals surface area contributed by atoms with E-state index < -0.39 is 16.1 Å². The molecule has 222 valence electrons. The molecular weight excluding hydrogens is 618 g/mol. The molecule has 0 saturated heterocycles. The summed E-state index contributed by atoms with van der Waals surface area (Å²) >= 11 is 7.74. The number of aromatic nitrogens is 3. The van der Waals surface area contributed by atoms with E-state index in [1.165, 1.54) is 35.9 Å². The summed E-state index contributed by atoms with van der Waals surface area (Å²) < 4.78 is 62.7. The highest BCUT2D eigenvalue weighted by Gasteiger charge is 2.16. The van der Waals surface area contributed by atoms with Crippen molar-refractivity contribution >= 4 is 60.5 Å². The molecule has 0 spiro atoms. The van der Waals surface area contributed by atoms with Crippen LogP contribution in [0, 0.1) is 17.6 Å². The first-order valence-corrected chi connectivity index (χ1v) is 15.4. The molecule has 3 aromatic carbocycles. The number of hydrogen-bond acceptors (Lipinski definition) is 9. The van der Waals surface area contributed by atoms with Gasteiger partial charge in [-0.25, -0.2) is 23.7 Å². The summed E-state index contributed by atoms with van der Waals surface area (Å²) in [5.41, 5.74) is 2.33. The van der Waals surface area contributed by atoms with E-state index in [-0.39, 0.29) is 42.0 Å². The van der Waals surface area contributed by atoms with Crippen LogP contribution < -0.4 is 10.1 Å². The van der Waals surface area contributed by atoms with Crippen LogP contribution in [0.15, 0.2) is 66.3 Å². The topological polar surface area (TPSA) is 103 Å². The maximum absolute atomic E-state index is 15.2. The van der Waals surface area contributed by atoms with Crippen molar-refractivity contribution < 1.29 is 26.7 Å². The van der Waals surface area contributed by atoms with E-state index >= 15 is 4.39 Å². The lowest BCUT2D eigenvalue weighted by Gasteiger charge is -2.12. The van der Waals surface area contributed by atoms with Gasteiger partial charge in [-0.3, -0.25) is 0 Å². The Morgan fingerprint density at radius 3 is 2.65 bits per heavy atom. The second-order valence-corrected chi connectivity index (χ2v) is 12.1. The van der Waals surface area contributed by atoms with E-state index in [2.05, 4.69) is 20.3 Å². The minimum Gasteiger partial charge on any atom is -0.487 e. The van der Waals surface area contributed by atoms with Gasteiger partial charge >= 0.3 is 0 Å². The first kappa shape index (κ1) is 30.5. The lowest BCUT2D eigenvalue weighted by molar-refractivity contribution is 0.157. The van der Waals surface area contributed by atoms with E-state index in [0.29, 0.717) is 49.4 Å². The number of nitrogens with zero attached hydrogens (tertiary/aromatic N) is 3. The predicted molar refractivity (Wildman–Crippen MR) is 164 cm³/mol. The van der Waals surface area contributed by atoms with Crippen LogP contribution >= 0.6 is 22.9 Å². The summed E-state index contributed by atoms with van der Waals surface area (Å²) in [6.45, 7) is 3.76. The molecule has 5 aromatic rings. The molecule has 0 bridgehead atoms. The molecule has 0 atom stereocenters. The van der Waals surface area contributed by atoms with Crippen molar-refractivity contribution in [3.8, 4) is 17.0 Å². The number of fused-ring (bicyclic) bond motifs is 1. The van der Waals surface area contributed by atoms with Crippen molar-refractivity contribution in [2.24, 2.45) is 5.92 Å². The van der Waals surface area contributed by atoms with Gasteiger partial charge in [0.05, 0.1) is 34.3 Å². The van der Waals surface area contributed by atoms with Crippen LogP contribution in [0.2, 0.25) is 5.02 Å². The Bertz CT molecular complexity index is 1930. The fraction of sp³-hybridized carbons (Fsp3) is 0.200. The molecule has 0 fully saturated rings. The molecule has 0 aliphatic carbocycles. The second-order valence-electron chi connectivity index (χ2n) is 9.74. The molecular formula is C30H25ClF2N4O4S2. The van der Waals surface area contributed by atoms with Gasteiger partial charge in [0, 0.05) is 28.1 Å². The van der Waals surface area contributed by atoms with Crippen LogP contribution in [-0.2, 0) is 28.2 Å². The Kier molecular flexibility index (Phi) is 9.61. The number of nitrogens with one attached hydrogen (secondary N) is 1. The van der Waals surface area contributed by atoms with Gasteiger partial charge in [-0.1, -0.05) is 37.6 Å². The van der Waals surface area contributed by atoms with Crippen LogP contribution in [0.4, 0.5) is 20.3 Å². The van der Waals surface area contributed by atoms with Crippen LogP contribution in [0.25, 0.3) is 22.2 Å². The van der Waals surface area contributed by atoms with Crippen LogP contribution in [0.1, 0.15) is 24.4 Å². The van der Waals surface area contributed by atoms with E-state index in [1.54, 1.807) is 55.6 Å². The van der Waals surface area contributed by atoms with Gasteiger partial charge in [0.15, 0.2) is 0 Å². The predicted octanol–water partition coefficient (Wildman–Crippen LogP) is 7.23. The van der Waals surface area contributed by atoms with Crippen LogP contribution in [0.5, 0.6) is 5.75 Å². The molecule has 2 aromatic heterocycles. The van der Waals surface area contributed by atoms with Crippen molar-refractivity contribution in [1.82, 2.24) is 15.0 Å². The van der Waals surface area contributed by atoms with Gasteiger partial charge in [-0.15, -0.1) is 11.3 Å². The first-order valence-electron chi connectivity index (χ1n) is 13.0. The summed E-state index contributed by atoms with van der Waals surface area (Å²) in [5.74, 6) is -0.166. The molecule has 2 heterocycles. The number of hydrogen-bond donors (Lipinski definition) is 1. The van der Waals surface area contributed by atoms with Crippen molar-refractivity contribution in [2.75, 3.05) is 11.9 Å². The van der Waals surface area contributed by atoms with Gasteiger partial charge in [-0.05, 0) is 47.9 Å². The maximum Gasteiger partial charge on any atom is 0.215 e. The number of thiazole rings is 1. The van der Waals surface area contributed by atoms with Gasteiger partial charge in [0.1, 0.15) is 41.1 Å². The number of rotatable bonds is 11. The van der Waals surface area contributed by atoms with Crippen molar-refractivity contribution in [1.29, 1.82) is 0 Å². The molecule has 5 rings (SSSR count). The third-order valence-electron chi connectivity index (χ3n) is 6.36. The summed E-state index contributed by atoms with van der Waals surface area (Å²) in [6.07, 6.45) is 1.33. The maximum atomic E-state index is 15.2. The first-order chi connectivity index (χ1) is 20.7. The fourth-order valence-electron chi connectivity index (χ4n) is 4.14. The summed E-state index contributed by atoms with van der Waals surface area (Å²) in [5, 5.41) is 6.38. The van der Waals surface area contributed by atoms with Crippen molar-refractivity contribution in [2.45, 2.75) is 27.1 Å². The van der Waals surface area contributed by atoms with Crippen LogP contribution in [-0.4, -0.2) is 34.8 Å². The van der Waals surface area contributed by atoms with Gasteiger partial charge < -0.3 is 14.8 Å². The standard InChI is InChI=1S/C30H25ClF2N4O4S2/c1-17(2)28(43(38)39)13-40-14-29-37-26(15-42-29)21-10-22-25(11-24(21)33)34-16-35-30(22)36-20-6-7-27(23(31)9-20)41-12-18-4-3-5-19(32)8-18/h3-11,15-17H,12-14H2,1-2H3,(H,34,35,36). The number of halogens is 3. The molecule has 0 radical (unpaired) electrons. The molecule has 0 saturated carbocycles. The zero-order valence-corrected chi connectivity index (χ0v) is 25.4. The van der Waals surface area contributed by atoms with E-state index in [1.807, 2.05) is 0 Å². The van der Waals surface area contributed by atoms with Gasteiger partial charge in [-0.2, -0.15) is 8.42 Å². The van der Waals surface area contributed by atoms with E-state index in [4.69, 9.17) is 21.1 Å². The SMILES string of the molecule is CC(C)C(COCc1nc(-c2cc3c(Nc4ccc(OCc5cccc(F)c5)c(Cl)c4)ncnc3cc2F)cs1)=S(=O)=O. The quantitative estimate of drug-likeness (QED) is 0.151. The third-order valence-corrected chi connectivity index (χ3v) is 8.49. The third kappa shape index (κ3) is 7.52. The molecule has 0 aliphatic rings. The average molecular weight is 643 g/mol. The number of ether oxygens (including phenoxy) is 2. The Balaban J connectivity index is 1.33. The fourth-order valence-corrected chi connectivity index (χ4v) is 5.67. The highest BCUT2D eigenvalue weighted by Crippen LogP contribution is 2.34. The van der Waals surface area contributed by atoms with E-state index in [0.717, 1.165) is 0 Å². The normalized spacial score (nSPS) is 11.2. The van der Waals surface area contributed by atoms with Crippen LogP contribution in [0.3, 0.4) is 0 Å². The van der Waals surface area contributed by atoms with Gasteiger partial charge in [0.25, 0.3) is 0 Å². The Morgan fingerprint density at radius 2 is 1.91 bits per heavy atom. The molecule has 8 nitrogen and oxygen atoms in total. The molecule has 13 heteroatoms. The monoisotopic (exact) mass is 642 g/mol. The van der Waals surface area contributed by atoms with Crippen molar-refractivity contribution in [3.05, 3.63) is 93.5 Å². The second kappa shape index (κ2) is 13.6. The minimum absolute atomic E-state index is 0.0382.